The van der Waals surface area contributed by atoms with E-state index in [9.17, 15) is 0 Å². The second-order valence-corrected chi connectivity index (χ2v) is 6.72. The van der Waals surface area contributed by atoms with Gasteiger partial charge >= 0.3 is 0 Å². The Hall–Kier alpha value is -1.58. The fourth-order valence-electron chi connectivity index (χ4n) is 1.91. The van der Waals surface area contributed by atoms with Gasteiger partial charge in [0.1, 0.15) is 11.5 Å². The molecule has 0 N–H and O–H groups in total. The zero-order valence-electron chi connectivity index (χ0n) is 12.6. The monoisotopic (exact) mass is 262 g/mol. The van der Waals surface area contributed by atoms with Gasteiger partial charge in [0.15, 0.2) is 11.8 Å². The van der Waals surface area contributed by atoms with E-state index in [1.54, 1.807) is 12.4 Å². The van der Waals surface area contributed by atoms with Crippen molar-refractivity contribution in [3.8, 4) is 0 Å². The van der Waals surface area contributed by atoms with E-state index in [0.29, 0.717) is 0 Å². The van der Waals surface area contributed by atoms with Crippen LogP contribution in [0, 0.1) is 6.92 Å². The van der Waals surface area contributed by atoms with E-state index in [0.717, 1.165) is 29.7 Å². The quantitative estimate of drug-likeness (QED) is 0.844. The van der Waals surface area contributed by atoms with Crippen LogP contribution in [-0.2, 0) is 17.3 Å². The Bertz CT molecular complexity index is 559. The lowest BCUT2D eigenvalue weighted by Gasteiger charge is -2.19. The van der Waals surface area contributed by atoms with Crippen molar-refractivity contribution in [2.24, 2.45) is 0 Å². The van der Waals surface area contributed by atoms with Crippen molar-refractivity contribution in [3.05, 3.63) is 35.7 Å². The molecule has 0 unspecified atom stereocenters. The molecule has 0 aliphatic carbocycles. The molecule has 0 aliphatic heterocycles. The molecular weight excluding hydrogens is 240 g/mol. The number of aryl methyl sites for hydroxylation is 1. The SMILES string of the molecule is Cc1cnc(C(C)(C)Cc2cnc(C(C)(C)C)o2)o1. The Morgan fingerprint density at radius 1 is 0.947 bits per heavy atom. The number of oxazole rings is 2. The molecule has 0 bridgehead atoms. The lowest BCUT2D eigenvalue weighted by atomic mass is 9.88. The Labute approximate surface area is 114 Å². The summed E-state index contributed by atoms with van der Waals surface area (Å²) < 4.78 is 11.5. The van der Waals surface area contributed by atoms with Crippen LogP contribution in [0.3, 0.4) is 0 Å². The van der Waals surface area contributed by atoms with Crippen molar-refractivity contribution in [3.63, 3.8) is 0 Å². The highest BCUT2D eigenvalue weighted by Crippen LogP contribution is 2.29. The maximum Gasteiger partial charge on any atom is 0.200 e. The first-order valence-electron chi connectivity index (χ1n) is 6.56. The summed E-state index contributed by atoms with van der Waals surface area (Å²) in [6, 6.07) is 0. The molecule has 2 rings (SSSR count). The van der Waals surface area contributed by atoms with Crippen LogP contribution in [0.5, 0.6) is 0 Å². The van der Waals surface area contributed by atoms with Gasteiger partial charge in [-0.15, -0.1) is 0 Å². The summed E-state index contributed by atoms with van der Waals surface area (Å²) in [4.78, 5) is 8.66. The van der Waals surface area contributed by atoms with Crippen molar-refractivity contribution >= 4 is 0 Å². The molecular formula is C15H22N2O2. The molecule has 0 fully saturated rings. The lowest BCUT2D eigenvalue weighted by molar-refractivity contribution is 0.317. The minimum absolute atomic E-state index is 0.0675. The number of nitrogens with zero attached hydrogens (tertiary/aromatic N) is 2. The maximum atomic E-state index is 5.83. The first-order valence-corrected chi connectivity index (χ1v) is 6.56. The van der Waals surface area contributed by atoms with E-state index >= 15 is 0 Å². The highest BCUT2D eigenvalue weighted by atomic mass is 16.4. The van der Waals surface area contributed by atoms with E-state index < -0.39 is 0 Å². The van der Waals surface area contributed by atoms with E-state index in [-0.39, 0.29) is 10.8 Å². The molecule has 0 atom stereocenters. The largest absolute Gasteiger partial charge is 0.445 e. The van der Waals surface area contributed by atoms with Crippen LogP contribution < -0.4 is 0 Å². The second kappa shape index (κ2) is 4.51. The number of aromatic nitrogens is 2. The molecule has 0 aliphatic rings. The van der Waals surface area contributed by atoms with Crippen LogP contribution in [0.25, 0.3) is 0 Å². The molecule has 4 nitrogen and oxygen atoms in total. The van der Waals surface area contributed by atoms with Crippen LogP contribution in [0.4, 0.5) is 0 Å². The summed E-state index contributed by atoms with van der Waals surface area (Å²) in [5.41, 5.74) is -0.273. The third-order valence-corrected chi connectivity index (χ3v) is 3.01. The first kappa shape index (κ1) is 13.8. The Morgan fingerprint density at radius 3 is 2.05 bits per heavy atom. The molecule has 2 aromatic rings. The third kappa shape index (κ3) is 3.06. The van der Waals surface area contributed by atoms with E-state index in [2.05, 4.69) is 44.6 Å². The van der Waals surface area contributed by atoms with Gasteiger partial charge in [-0.3, -0.25) is 0 Å². The van der Waals surface area contributed by atoms with Gasteiger partial charge in [-0.25, -0.2) is 9.97 Å². The Kier molecular flexibility index (Phi) is 3.29. The van der Waals surface area contributed by atoms with Gasteiger partial charge in [0.05, 0.1) is 12.4 Å². The smallest absolute Gasteiger partial charge is 0.200 e. The zero-order chi connectivity index (χ0) is 14.3. The summed E-state index contributed by atoms with van der Waals surface area (Å²) in [5.74, 6) is 3.20. The predicted octanol–water partition coefficient (Wildman–Crippen LogP) is 3.79. The molecule has 0 saturated heterocycles. The van der Waals surface area contributed by atoms with Gasteiger partial charge < -0.3 is 8.83 Å². The van der Waals surface area contributed by atoms with Gasteiger partial charge in [-0.2, -0.15) is 0 Å². The van der Waals surface area contributed by atoms with Gasteiger partial charge in [0.25, 0.3) is 0 Å². The molecule has 2 aromatic heterocycles. The van der Waals surface area contributed by atoms with Crippen molar-refractivity contribution < 1.29 is 8.83 Å². The molecule has 0 aromatic carbocycles. The van der Waals surface area contributed by atoms with Gasteiger partial charge in [-0.1, -0.05) is 34.6 Å². The van der Waals surface area contributed by atoms with E-state index in [1.165, 1.54) is 0 Å². The number of rotatable bonds is 3. The standard InChI is InChI=1S/C15H22N2O2/c1-10-8-16-13(18-10)15(5,6)7-11-9-17-12(19-11)14(2,3)4/h8-9H,7H2,1-6H3. The van der Waals surface area contributed by atoms with Crippen LogP contribution in [0.2, 0.25) is 0 Å². The topological polar surface area (TPSA) is 52.1 Å². The van der Waals surface area contributed by atoms with Crippen molar-refractivity contribution in [1.29, 1.82) is 0 Å². The average Bonchev–Trinajstić information content (AvgIpc) is 2.85. The fraction of sp³-hybridized carbons (Fsp3) is 0.600. The van der Waals surface area contributed by atoms with Crippen LogP contribution in [0.15, 0.2) is 21.2 Å². The zero-order valence-corrected chi connectivity index (χ0v) is 12.6. The third-order valence-electron chi connectivity index (χ3n) is 3.01. The van der Waals surface area contributed by atoms with Crippen LogP contribution in [-0.4, -0.2) is 9.97 Å². The van der Waals surface area contributed by atoms with Gasteiger partial charge in [-0.05, 0) is 6.92 Å². The van der Waals surface area contributed by atoms with Crippen molar-refractivity contribution in [1.82, 2.24) is 9.97 Å². The Morgan fingerprint density at radius 2 is 1.58 bits per heavy atom. The number of hydrogen-bond acceptors (Lipinski definition) is 4. The normalized spacial score (nSPS) is 12.9. The minimum Gasteiger partial charge on any atom is -0.445 e. The highest BCUT2D eigenvalue weighted by Gasteiger charge is 2.29. The second-order valence-electron chi connectivity index (χ2n) is 6.72. The van der Waals surface area contributed by atoms with Crippen LogP contribution in [0.1, 0.15) is 57.9 Å². The fourth-order valence-corrected chi connectivity index (χ4v) is 1.91. The first-order chi connectivity index (χ1) is 8.68. The molecule has 0 saturated carbocycles. The molecule has 19 heavy (non-hydrogen) atoms. The molecule has 0 spiro atoms. The Balaban J connectivity index is 2.18. The maximum absolute atomic E-state index is 5.83. The average molecular weight is 262 g/mol. The van der Waals surface area contributed by atoms with Crippen molar-refractivity contribution in [2.45, 2.75) is 58.8 Å². The van der Waals surface area contributed by atoms with Crippen LogP contribution >= 0.6 is 0 Å². The molecule has 0 amide bonds. The predicted molar refractivity (Wildman–Crippen MR) is 73.2 cm³/mol. The summed E-state index contributed by atoms with van der Waals surface area (Å²) in [6.45, 7) is 12.4. The molecule has 4 heteroatoms. The van der Waals surface area contributed by atoms with Gasteiger partial charge in [0, 0.05) is 17.3 Å². The summed E-state index contributed by atoms with van der Waals surface area (Å²) in [6.07, 6.45) is 4.27. The van der Waals surface area contributed by atoms with Gasteiger partial charge in [0.2, 0.25) is 0 Å². The summed E-state index contributed by atoms with van der Waals surface area (Å²) in [7, 11) is 0. The molecule has 0 radical (unpaired) electrons. The summed E-state index contributed by atoms with van der Waals surface area (Å²) >= 11 is 0. The summed E-state index contributed by atoms with van der Waals surface area (Å²) in [5, 5.41) is 0. The lowest BCUT2D eigenvalue weighted by Crippen LogP contribution is -2.20. The highest BCUT2D eigenvalue weighted by molar-refractivity contribution is 5.11. The van der Waals surface area contributed by atoms with Crippen molar-refractivity contribution in [2.75, 3.05) is 0 Å². The van der Waals surface area contributed by atoms with E-state index in [1.807, 2.05) is 6.92 Å². The number of hydrogen-bond donors (Lipinski definition) is 0. The molecule has 104 valence electrons. The minimum atomic E-state index is -0.205. The van der Waals surface area contributed by atoms with E-state index in [4.69, 9.17) is 8.83 Å². The molecule has 2 heterocycles.